The Balaban J connectivity index is 2.64. The van der Waals surface area contributed by atoms with E-state index in [0.29, 0.717) is 0 Å². The van der Waals surface area contributed by atoms with Gasteiger partial charge in [0.1, 0.15) is 5.76 Å². The third-order valence-corrected chi connectivity index (χ3v) is 3.76. The van der Waals surface area contributed by atoms with Crippen molar-refractivity contribution in [3.8, 4) is 0 Å². The van der Waals surface area contributed by atoms with E-state index >= 15 is 0 Å². The maximum Gasteiger partial charge on any atom is 0.333 e. The van der Waals surface area contributed by atoms with Gasteiger partial charge in [0.15, 0.2) is 0 Å². The van der Waals surface area contributed by atoms with Crippen LogP contribution in [0, 0.1) is 0 Å². The van der Waals surface area contributed by atoms with Gasteiger partial charge in [0.25, 0.3) is 0 Å². The van der Waals surface area contributed by atoms with Crippen LogP contribution in [0.15, 0.2) is 58.6 Å². The Morgan fingerprint density at radius 1 is 1.17 bits per heavy atom. The molecule has 0 radical (unpaired) electrons. The van der Waals surface area contributed by atoms with Crippen LogP contribution in [0.2, 0.25) is 0 Å². The first-order valence-electron chi connectivity index (χ1n) is 7.77. The van der Waals surface area contributed by atoms with Crippen LogP contribution in [-0.4, -0.2) is 16.2 Å². The highest BCUT2D eigenvalue weighted by atomic mass is 16.5. The first-order valence-corrected chi connectivity index (χ1v) is 7.77. The number of para-hydroxylation sites is 2. The Hall–Kier alpha value is -2.49. The Labute approximate surface area is 137 Å². The fourth-order valence-electron chi connectivity index (χ4n) is 2.57. The molecule has 0 fully saturated rings. The molecule has 0 aliphatic heterocycles. The Morgan fingerprint density at radius 2 is 1.83 bits per heavy atom. The number of aromatic nitrogens is 2. The standard InChI is InChI=1S/C19H24N2O2/c1-6-9-15(23-5)12-13-16(14(2)3)21-18-11-8-7-10-17(18)20(4)19(21)22/h7-13H,6H2,1-5H3/b13-12-,15-9+. The number of rotatable bonds is 5. The lowest BCUT2D eigenvalue weighted by Gasteiger charge is -2.08. The van der Waals surface area contributed by atoms with Crippen molar-refractivity contribution in [1.82, 2.24) is 9.13 Å². The molecule has 4 nitrogen and oxygen atoms in total. The molecule has 1 aromatic carbocycles. The predicted octanol–water partition coefficient (Wildman–Crippen LogP) is 4.09. The summed E-state index contributed by atoms with van der Waals surface area (Å²) in [7, 11) is 3.45. The van der Waals surface area contributed by atoms with Crippen LogP contribution < -0.4 is 5.69 Å². The minimum Gasteiger partial charge on any atom is -0.497 e. The predicted molar refractivity (Wildman–Crippen MR) is 96.3 cm³/mol. The number of hydrogen-bond acceptors (Lipinski definition) is 2. The van der Waals surface area contributed by atoms with E-state index in [2.05, 4.69) is 6.92 Å². The Kier molecular flexibility index (Phi) is 5.27. The highest BCUT2D eigenvalue weighted by Gasteiger charge is 2.13. The zero-order valence-electron chi connectivity index (χ0n) is 14.5. The number of hydrogen-bond donors (Lipinski definition) is 0. The van der Waals surface area contributed by atoms with Gasteiger partial charge in [-0.15, -0.1) is 0 Å². The first-order chi connectivity index (χ1) is 11.0. The molecule has 0 saturated carbocycles. The second kappa shape index (κ2) is 7.18. The van der Waals surface area contributed by atoms with Crippen molar-refractivity contribution in [2.75, 3.05) is 7.11 Å². The molecule has 2 aromatic rings. The molecule has 1 aromatic heterocycles. The van der Waals surface area contributed by atoms with Crippen molar-refractivity contribution in [3.05, 3.63) is 64.3 Å². The molecular formula is C19H24N2O2. The van der Waals surface area contributed by atoms with E-state index in [1.807, 2.05) is 56.3 Å². The number of nitrogens with zero attached hydrogens (tertiary/aromatic N) is 2. The van der Waals surface area contributed by atoms with Crippen LogP contribution in [0.25, 0.3) is 16.7 Å². The molecule has 0 aliphatic carbocycles. The fourth-order valence-corrected chi connectivity index (χ4v) is 2.57. The largest absolute Gasteiger partial charge is 0.497 e. The van der Waals surface area contributed by atoms with Crippen LogP contribution in [0.3, 0.4) is 0 Å². The third kappa shape index (κ3) is 3.31. The quantitative estimate of drug-likeness (QED) is 0.616. The van der Waals surface area contributed by atoms with Gasteiger partial charge in [-0.1, -0.05) is 24.6 Å². The van der Waals surface area contributed by atoms with Gasteiger partial charge in [0.05, 0.1) is 18.1 Å². The van der Waals surface area contributed by atoms with Crippen LogP contribution in [-0.2, 0) is 11.8 Å². The first kappa shape index (κ1) is 16.9. The van der Waals surface area contributed by atoms with E-state index in [1.54, 1.807) is 23.3 Å². The van der Waals surface area contributed by atoms with E-state index in [0.717, 1.165) is 34.5 Å². The van der Waals surface area contributed by atoms with Crippen molar-refractivity contribution < 1.29 is 4.74 Å². The second-order valence-corrected chi connectivity index (χ2v) is 5.60. The summed E-state index contributed by atoms with van der Waals surface area (Å²) in [5.74, 6) is 0.791. The second-order valence-electron chi connectivity index (χ2n) is 5.60. The van der Waals surface area contributed by atoms with Gasteiger partial charge in [-0.05, 0) is 50.6 Å². The third-order valence-electron chi connectivity index (χ3n) is 3.76. The monoisotopic (exact) mass is 312 g/mol. The molecule has 23 heavy (non-hydrogen) atoms. The van der Waals surface area contributed by atoms with E-state index in [-0.39, 0.29) is 5.69 Å². The molecule has 0 N–H and O–H groups in total. The lowest BCUT2D eigenvalue weighted by Crippen LogP contribution is -2.21. The summed E-state index contributed by atoms with van der Waals surface area (Å²) in [6, 6.07) is 7.81. The van der Waals surface area contributed by atoms with Gasteiger partial charge < -0.3 is 4.74 Å². The number of methoxy groups -OCH3 is 1. The molecule has 0 spiro atoms. The average molecular weight is 312 g/mol. The van der Waals surface area contributed by atoms with Crippen molar-refractivity contribution in [2.24, 2.45) is 7.05 Å². The van der Waals surface area contributed by atoms with Gasteiger partial charge in [0.2, 0.25) is 0 Å². The molecular weight excluding hydrogens is 288 g/mol. The number of fused-ring (bicyclic) bond motifs is 1. The number of benzene rings is 1. The summed E-state index contributed by atoms with van der Waals surface area (Å²) >= 11 is 0. The Morgan fingerprint density at radius 3 is 2.39 bits per heavy atom. The normalized spacial score (nSPS) is 12.1. The fraction of sp³-hybridized carbons (Fsp3) is 0.316. The summed E-state index contributed by atoms with van der Waals surface area (Å²) in [5.41, 5.74) is 3.70. The Bertz CT molecular complexity index is 844. The molecule has 0 saturated heterocycles. The smallest absolute Gasteiger partial charge is 0.333 e. The zero-order valence-corrected chi connectivity index (χ0v) is 14.5. The molecule has 122 valence electrons. The van der Waals surface area contributed by atoms with Gasteiger partial charge in [-0.25, -0.2) is 4.79 Å². The van der Waals surface area contributed by atoms with E-state index in [4.69, 9.17) is 4.74 Å². The van der Waals surface area contributed by atoms with Crippen molar-refractivity contribution >= 4 is 16.7 Å². The lowest BCUT2D eigenvalue weighted by atomic mass is 10.2. The van der Waals surface area contributed by atoms with E-state index in [1.165, 1.54) is 0 Å². The number of aryl methyl sites for hydroxylation is 1. The van der Waals surface area contributed by atoms with Crippen LogP contribution in [0.4, 0.5) is 0 Å². The lowest BCUT2D eigenvalue weighted by molar-refractivity contribution is 0.305. The molecule has 2 rings (SSSR count). The summed E-state index contributed by atoms with van der Waals surface area (Å²) in [4.78, 5) is 12.7. The van der Waals surface area contributed by atoms with Crippen LogP contribution in [0.5, 0.6) is 0 Å². The highest BCUT2D eigenvalue weighted by Crippen LogP contribution is 2.20. The number of allylic oxidation sites excluding steroid dienone is 5. The molecule has 0 bridgehead atoms. The van der Waals surface area contributed by atoms with E-state index < -0.39 is 0 Å². The topological polar surface area (TPSA) is 36.2 Å². The summed E-state index contributed by atoms with van der Waals surface area (Å²) in [5, 5.41) is 0. The molecule has 4 heteroatoms. The van der Waals surface area contributed by atoms with Crippen molar-refractivity contribution in [3.63, 3.8) is 0 Å². The maximum absolute atomic E-state index is 12.7. The minimum atomic E-state index is -0.0505. The molecule has 0 aliphatic rings. The van der Waals surface area contributed by atoms with E-state index in [9.17, 15) is 4.79 Å². The molecule has 1 heterocycles. The summed E-state index contributed by atoms with van der Waals surface area (Å²) in [6.45, 7) is 6.07. The van der Waals surface area contributed by atoms with Crippen molar-refractivity contribution in [2.45, 2.75) is 27.2 Å². The van der Waals surface area contributed by atoms with Crippen LogP contribution >= 0.6 is 0 Å². The molecule has 0 unspecified atom stereocenters. The summed E-state index contributed by atoms with van der Waals surface area (Å²) < 4.78 is 8.76. The molecule has 0 atom stereocenters. The SMILES string of the molecule is CC/C=C(\C=C/C(=C(C)C)n1c(=O)n(C)c2ccccc21)OC. The average Bonchev–Trinajstić information content (AvgIpc) is 2.79. The number of ether oxygens (including phenoxy) is 1. The minimum absolute atomic E-state index is 0.0505. The van der Waals surface area contributed by atoms with Gasteiger partial charge >= 0.3 is 5.69 Å². The van der Waals surface area contributed by atoms with Gasteiger partial charge in [0, 0.05) is 12.7 Å². The van der Waals surface area contributed by atoms with Crippen LogP contribution in [0.1, 0.15) is 27.2 Å². The van der Waals surface area contributed by atoms with Gasteiger partial charge in [-0.3, -0.25) is 9.13 Å². The van der Waals surface area contributed by atoms with Crippen molar-refractivity contribution in [1.29, 1.82) is 0 Å². The maximum atomic E-state index is 12.7. The zero-order chi connectivity index (χ0) is 17.0. The molecule has 0 amide bonds. The van der Waals surface area contributed by atoms with Gasteiger partial charge in [-0.2, -0.15) is 0 Å². The number of imidazole rings is 1. The highest BCUT2D eigenvalue weighted by molar-refractivity contribution is 5.81. The summed E-state index contributed by atoms with van der Waals surface area (Å²) in [6.07, 6.45) is 6.74.